The van der Waals surface area contributed by atoms with Gasteiger partial charge in [-0.15, -0.1) is 11.8 Å². The van der Waals surface area contributed by atoms with E-state index in [1.54, 1.807) is 18.2 Å². The molecule has 0 aliphatic rings. The summed E-state index contributed by atoms with van der Waals surface area (Å²) in [5.74, 6) is -0.625. The van der Waals surface area contributed by atoms with Gasteiger partial charge < -0.3 is 10.6 Å². The number of hydrogen-bond acceptors (Lipinski definition) is 5. The zero-order valence-corrected chi connectivity index (χ0v) is 20.2. The van der Waals surface area contributed by atoms with Crippen molar-refractivity contribution >= 4 is 40.6 Å². The van der Waals surface area contributed by atoms with Gasteiger partial charge >= 0.3 is 0 Å². The van der Waals surface area contributed by atoms with Gasteiger partial charge in [-0.05, 0) is 54.4 Å². The lowest BCUT2D eigenvalue weighted by Crippen LogP contribution is -2.19. The molecule has 0 saturated carbocycles. The third-order valence-corrected chi connectivity index (χ3v) is 6.54. The third-order valence-electron chi connectivity index (χ3n) is 5.29. The predicted molar refractivity (Wildman–Crippen MR) is 142 cm³/mol. The molecule has 8 heteroatoms. The highest BCUT2D eigenvalue weighted by Crippen LogP contribution is 2.37. The van der Waals surface area contributed by atoms with Gasteiger partial charge in [-0.25, -0.2) is 0 Å². The summed E-state index contributed by atoms with van der Waals surface area (Å²) < 4.78 is 0. The van der Waals surface area contributed by atoms with E-state index in [4.69, 9.17) is 0 Å². The van der Waals surface area contributed by atoms with Gasteiger partial charge in [0.15, 0.2) is 0 Å². The number of nitrogens with zero attached hydrogens (tertiary/aromatic N) is 1. The summed E-state index contributed by atoms with van der Waals surface area (Å²) in [7, 11) is 0. The number of carbonyl (C=O) groups excluding carboxylic acids is 2. The van der Waals surface area contributed by atoms with Crippen molar-refractivity contribution in [3.63, 3.8) is 0 Å². The molecule has 180 valence electrons. The van der Waals surface area contributed by atoms with Crippen molar-refractivity contribution in [2.45, 2.75) is 17.1 Å². The second kappa shape index (κ2) is 11.3. The molecule has 7 nitrogen and oxygen atoms in total. The van der Waals surface area contributed by atoms with Crippen LogP contribution in [0.25, 0.3) is 0 Å². The molecule has 0 fully saturated rings. The molecular formula is C28H23N3O4S. The summed E-state index contributed by atoms with van der Waals surface area (Å²) in [6, 6.07) is 29.8. The molecular weight excluding hydrogens is 474 g/mol. The highest BCUT2D eigenvalue weighted by molar-refractivity contribution is 8.00. The van der Waals surface area contributed by atoms with Crippen LogP contribution in [0.4, 0.5) is 17.1 Å². The number of carbonyl (C=O) groups is 2. The molecule has 4 rings (SSSR count). The van der Waals surface area contributed by atoms with Gasteiger partial charge in [0, 0.05) is 34.0 Å². The molecule has 0 aliphatic heterocycles. The maximum atomic E-state index is 13.3. The number of non-ortho nitro benzene ring substituents is 1. The van der Waals surface area contributed by atoms with Crippen molar-refractivity contribution in [3.05, 3.63) is 130 Å². The minimum atomic E-state index is -0.542. The van der Waals surface area contributed by atoms with E-state index < -0.39 is 16.1 Å². The number of benzene rings is 4. The van der Waals surface area contributed by atoms with Crippen LogP contribution in [-0.4, -0.2) is 16.7 Å². The number of thioether (sulfide) groups is 1. The normalized spacial score (nSPS) is 11.4. The van der Waals surface area contributed by atoms with Crippen LogP contribution in [-0.2, 0) is 4.79 Å². The first kappa shape index (κ1) is 24.7. The lowest BCUT2D eigenvalue weighted by atomic mass is 10.1. The minimum absolute atomic E-state index is 0.155. The van der Waals surface area contributed by atoms with Crippen LogP contribution in [0.3, 0.4) is 0 Å². The van der Waals surface area contributed by atoms with Crippen molar-refractivity contribution < 1.29 is 14.5 Å². The Morgan fingerprint density at radius 3 is 2.22 bits per heavy atom. The Morgan fingerprint density at radius 2 is 1.50 bits per heavy atom. The third kappa shape index (κ3) is 6.37. The van der Waals surface area contributed by atoms with Gasteiger partial charge in [-0.2, -0.15) is 0 Å². The fourth-order valence-corrected chi connectivity index (χ4v) is 4.66. The highest BCUT2D eigenvalue weighted by atomic mass is 32.2. The maximum Gasteiger partial charge on any atom is 0.270 e. The molecule has 4 aromatic carbocycles. The fourth-order valence-electron chi connectivity index (χ4n) is 3.58. The number of nitro benzene ring substituents is 1. The minimum Gasteiger partial charge on any atom is -0.325 e. The van der Waals surface area contributed by atoms with Crippen molar-refractivity contribution in [3.8, 4) is 0 Å². The van der Waals surface area contributed by atoms with Crippen molar-refractivity contribution in [1.29, 1.82) is 0 Å². The van der Waals surface area contributed by atoms with E-state index in [9.17, 15) is 19.7 Å². The van der Waals surface area contributed by atoms with Gasteiger partial charge in [0.05, 0.1) is 4.92 Å². The Hall–Kier alpha value is -4.43. The molecule has 1 atom stereocenters. The van der Waals surface area contributed by atoms with Crippen LogP contribution in [0.15, 0.2) is 108 Å². The smallest absolute Gasteiger partial charge is 0.270 e. The van der Waals surface area contributed by atoms with Gasteiger partial charge in [0.1, 0.15) is 5.25 Å². The Morgan fingerprint density at radius 1 is 0.806 bits per heavy atom. The molecule has 0 radical (unpaired) electrons. The van der Waals surface area contributed by atoms with Crippen molar-refractivity contribution in [2.75, 3.05) is 10.6 Å². The maximum absolute atomic E-state index is 13.3. The first-order valence-corrected chi connectivity index (χ1v) is 12.0. The zero-order chi connectivity index (χ0) is 25.5. The molecule has 0 heterocycles. The Kier molecular flexibility index (Phi) is 7.77. The monoisotopic (exact) mass is 497 g/mol. The van der Waals surface area contributed by atoms with Gasteiger partial charge in [0.2, 0.25) is 5.91 Å². The molecule has 4 aromatic rings. The first-order chi connectivity index (χ1) is 17.4. The largest absolute Gasteiger partial charge is 0.325 e. The van der Waals surface area contributed by atoms with Crippen LogP contribution in [0, 0.1) is 17.0 Å². The summed E-state index contributed by atoms with van der Waals surface area (Å²) >= 11 is 1.36. The average Bonchev–Trinajstić information content (AvgIpc) is 2.88. The van der Waals surface area contributed by atoms with Crippen LogP contribution >= 0.6 is 11.8 Å². The quantitative estimate of drug-likeness (QED) is 0.162. The lowest BCUT2D eigenvalue weighted by molar-refractivity contribution is -0.384. The van der Waals surface area contributed by atoms with Crippen LogP contribution in [0.5, 0.6) is 0 Å². The zero-order valence-electron chi connectivity index (χ0n) is 19.4. The number of hydrogen-bond donors (Lipinski definition) is 2. The molecule has 0 bridgehead atoms. The number of anilines is 2. The summed E-state index contributed by atoms with van der Waals surface area (Å²) in [4.78, 5) is 37.2. The predicted octanol–water partition coefficient (Wildman–Crippen LogP) is 6.63. The van der Waals surface area contributed by atoms with Crippen LogP contribution < -0.4 is 10.6 Å². The number of nitrogens with one attached hydrogen (secondary N) is 2. The molecule has 0 aromatic heterocycles. The number of aryl methyl sites for hydroxylation is 1. The highest BCUT2D eigenvalue weighted by Gasteiger charge is 2.22. The molecule has 1 unspecified atom stereocenters. The molecule has 36 heavy (non-hydrogen) atoms. The summed E-state index contributed by atoms with van der Waals surface area (Å²) in [5, 5.41) is 16.3. The van der Waals surface area contributed by atoms with Crippen LogP contribution in [0.2, 0.25) is 0 Å². The van der Waals surface area contributed by atoms with Crippen LogP contribution in [0.1, 0.15) is 26.7 Å². The molecule has 2 amide bonds. The lowest BCUT2D eigenvalue weighted by Gasteiger charge is -2.18. The summed E-state index contributed by atoms with van der Waals surface area (Å²) in [6.07, 6.45) is 0. The SMILES string of the molecule is Cc1cccc(NC(=O)C(Sc2cccc(NC(=O)c3cccc([N+](=O)[O-])c3)c2)c2ccccc2)c1. The van der Waals surface area contributed by atoms with E-state index in [2.05, 4.69) is 10.6 Å². The Labute approximate surface area is 212 Å². The van der Waals surface area contributed by atoms with E-state index in [1.807, 2.05) is 67.6 Å². The van der Waals surface area contributed by atoms with Crippen molar-refractivity contribution in [1.82, 2.24) is 0 Å². The molecule has 2 N–H and O–H groups in total. The van der Waals surface area contributed by atoms with Gasteiger partial charge in [-0.1, -0.05) is 54.6 Å². The first-order valence-electron chi connectivity index (χ1n) is 11.1. The summed E-state index contributed by atoms with van der Waals surface area (Å²) in [6.45, 7) is 1.96. The second-order valence-electron chi connectivity index (χ2n) is 8.06. The standard InChI is InChI=1S/C28H23N3O4S/c1-19-8-5-12-22(16-19)30-28(33)26(20-9-3-2-4-10-20)36-25-15-7-13-23(18-25)29-27(32)21-11-6-14-24(17-21)31(34)35/h2-18,26H,1H3,(H,29,32)(H,30,33). The topological polar surface area (TPSA) is 101 Å². The number of rotatable bonds is 8. The average molecular weight is 498 g/mol. The fraction of sp³-hybridized carbons (Fsp3) is 0.0714. The molecule has 0 saturated heterocycles. The molecule has 0 aliphatic carbocycles. The van der Waals surface area contributed by atoms with Gasteiger partial charge in [-0.3, -0.25) is 19.7 Å². The Balaban J connectivity index is 1.54. The van der Waals surface area contributed by atoms with E-state index >= 15 is 0 Å². The summed E-state index contributed by atoms with van der Waals surface area (Å²) in [5.41, 5.74) is 3.16. The van der Waals surface area contributed by atoms with E-state index in [0.29, 0.717) is 5.69 Å². The number of nitro groups is 1. The Bertz CT molecular complexity index is 1410. The van der Waals surface area contributed by atoms with E-state index in [-0.39, 0.29) is 17.2 Å². The van der Waals surface area contributed by atoms with Crippen molar-refractivity contribution in [2.24, 2.45) is 0 Å². The van der Waals surface area contributed by atoms with E-state index in [0.717, 1.165) is 21.7 Å². The van der Waals surface area contributed by atoms with Gasteiger partial charge in [0.25, 0.3) is 11.6 Å². The second-order valence-corrected chi connectivity index (χ2v) is 9.24. The van der Waals surface area contributed by atoms with E-state index in [1.165, 1.54) is 36.0 Å². The molecule has 0 spiro atoms. The number of amides is 2.